The SMILES string of the molecule is N#Cc1cnc2ccccc2c1Nc1ccc(Cl)c(Cl)c1F. The van der Waals surface area contributed by atoms with Gasteiger partial charge in [0.15, 0.2) is 5.82 Å². The average Bonchev–Trinajstić information content (AvgIpc) is 2.55. The number of anilines is 2. The molecule has 1 aromatic heterocycles. The second kappa shape index (κ2) is 5.80. The lowest BCUT2D eigenvalue weighted by molar-refractivity contribution is 0.632. The van der Waals surface area contributed by atoms with E-state index in [1.807, 2.05) is 24.3 Å². The molecule has 2 aromatic carbocycles. The van der Waals surface area contributed by atoms with Crippen LogP contribution in [0.3, 0.4) is 0 Å². The van der Waals surface area contributed by atoms with Crippen molar-refractivity contribution < 1.29 is 4.39 Å². The Labute approximate surface area is 135 Å². The molecule has 3 rings (SSSR count). The highest BCUT2D eigenvalue weighted by molar-refractivity contribution is 6.42. The molecule has 1 heterocycles. The first-order valence-electron chi connectivity index (χ1n) is 6.30. The van der Waals surface area contributed by atoms with Crippen molar-refractivity contribution in [1.29, 1.82) is 5.26 Å². The molecule has 6 heteroatoms. The lowest BCUT2D eigenvalue weighted by Gasteiger charge is -2.13. The molecular formula is C16H8Cl2FN3. The number of nitriles is 1. The Kier molecular flexibility index (Phi) is 3.84. The summed E-state index contributed by atoms with van der Waals surface area (Å²) in [5.74, 6) is -0.668. The van der Waals surface area contributed by atoms with E-state index in [1.54, 1.807) is 6.07 Å². The van der Waals surface area contributed by atoms with Gasteiger partial charge in [0.25, 0.3) is 0 Å². The van der Waals surface area contributed by atoms with Crippen LogP contribution >= 0.6 is 23.2 Å². The first-order valence-corrected chi connectivity index (χ1v) is 7.05. The van der Waals surface area contributed by atoms with E-state index in [4.69, 9.17) is 23.2 Å². The monoisotopic (exact) mass is 331 g/mol. The molecule has 0 saturated carbocycles. The molecule has 0 aliphatic rings. The highest BCUT2D eigenvalue weighted by atomic mass is 35.5. The smallest absolute Gasteiger partial charge is 0.166 e. The van der Waals surface area contributed by atoms with Gasteiger partial charge in [-0.3, -0.25) is 4.98 Å². The number of nitrogens with zero attached hydrogens (tertiary/aromatic N) is 2. The third kappa shape index (κ3) is 2.45. The largest absolute Gasteiger partial charge is 0.351 e. The molecule has 0 spiro atoms. The number of para-hydroxylation sites is 1. The van der Waals surface area contributed by atoms with Crippen LogP contribution in [-0.4, -0.2) is 4.98 Å². The molecule has 0 unspecified atom stereocenters. The van der Waals surface area contributed by atoms with Crippen LogP contribution < -0.4 is 5.32 Å². The van der Waals surface area contributed by atoms with Crippen molar-refractivity contribution >= 4 is 45.5 Å². The number of pyridine rings is 1. The molecular weight excluding hydrogens is 324 g/mol. The van der Waals surface area contributed by atoms with Crippen LogP contribution in [0.1, 0.15) is 5.56 Å². The Morgan fingerprint density at radius 1 is 1.14 bits per heavy atom. The van der Waals surface area contributed by atoms with Gasteiger partial charge in [-0.05, 0) is 18.2 Å². The number of rotatable bonds is 2. The van der Waals surface area contributed by atoms with Crippen molar-refractivity contribution in [3.63, 3.8) is 0 Å². The fourth-order valence-electron chi connectivity index (χ4n) is 2.12. The predicted octanol–water partition coefficient (Wildman–Crippen LogP) is 5.30. The summed E-state index contributed by atoms with van der Waals surface area (Å²) in [5.41, 5.74) is 1.63. The predicted molar refractivity (Wildman–Crippen MR) is 86.2 cm³/mol. The van der Waals surface area contributed by atoms with Gasteiger partial charge in [0, 0.05) is 11.6 Å². The van der Waals surface area contributed by atoms with Gasteiger partial charge in [0.1, 0.15) is 6.07 Å². The van der Waals surface area contributed by atoms with Gasteiger partial charge in [-0.1, -0.05) is 41.4 Å². The standard InChI is InChI=1S/C16H8Cl2FN3/c17-11-5-6-13(15(19)14(11)18)22-16-9(7-20)8-21-12-4-2-1-3-10(12)16/h1-6,8H,(H,21,22). The van der Waals surface area contributed by atoms with Crippen LogP contribution in [0.4, 0.5) is 15.8 Å². The summed E-state index contributed by atoms with van der Waals surface area (Å²) in [5, 5.41) is 12.9. The minimum absolute atomic E-state index is 0.129. The molecule has 3 aromatic rings. The maximum Gasteiger partial charge on any atom is 0.166 e. The summed E-state index contributed by atoms with van der Waals surface area (Å²) in [6.45, 7) is 0. The quantitative estimate of drug-likeness (QED) is 0.648. The Balaban J connectivity index is 2.19. The molecule has 1 N–H and O–H groups in total. The van der Waals surface area contributed by atoms with Gasteiger partial charge in [0.2, 0.25) is 0 Å². The Morgan fingerprint density at radius 3 is 2.68 bits per heavy atom. The fraction of sp³-hybridized carbons (Fsp3) is 0. The van der Waals surface area contributed by atoms with E-state index in [0.29, 0.717) is 22.2 Å². The zero-order valence-electron chi connectivity index (χ0n) is 11.1. The van der Waals surface area contributed by atoms with Crippen LogP contribution in [-0.2, 0) is 0 Å². The van der Waals surface area contributed by atoms with Crippen molar-refractivity contribution in [2.24, 2.45) is 0 Å². The highest BCUT2D eigenvalue weighted by Crippen LogP contribution is 2.34. The minimum atomic E-state index is -0.668. The van der Waals surface area contributed by atoms with Gasteiger partial charge in [-0.25, -0.2) is 4.39 Å². The summed E-state index contributed by atoms with van der Waals surface area (Å²) in [7, 11) is 0. The molecule has 0 aliphatic carbocycles. The molecule has 108 valence electrons. The van der Waals surface area contributed by atoms with Gasteiger partial charge in [-0.2, -0.15) is 5.26 Å². The number of nitrogens with one attached hydrogen (secondary N) is 1. The molecule has 0 fully saturated rings. The number of aromatic nitrogens is 1. The van der Waals surface area contributed by atoms with Gasteiger partial charge in [-0.15, -0.1) is 0 Å². The summed E-state index contributed by atoms with van der Waals surface area (Å²) in [6.07, 6.45) is 1.44. The fourth-order valence-corrected chi connectivity index (χ4v) is 2.43. The zero-order chi connectivity index (χ0) is 15.7. The second-order valence-corrected chi connectivity index (χ2v) is 5.31. The maximum atomic E-state index is 14.2. The molecule has 0 bridgehead atoms. The van der Waals surface area contributed by atoms with Crippen LogP contribution in [0.2, 0.25) is 10.0 Å². The van der Waals surface area contributed by atoms with Gasteiger partial charge in [0.05, 0.1) is 32.5 Å². The van der Waals surface area contributed by atoms with Crippen molar-refractivity contribution in [2.75, 3.05) is 5.32 Å². The lowest BCUT2D eigenvalue weighted by Crippen LogP contribution is -1.99. The lowest BCUT2D eigenvalue weighted by atomic mass is 10.1. The number of hydrogen-bond acceptors (Lipinski definition) is 3. The molecule has 3 nitrogen and oxygen atoms in total. The van der Waals surface area contributed by atoms with Crippen LogP contribution in [0.25, 0.3) is 10.9 Å². The van der Waals surface area contributed by atoms with Crippen molar-refractivity contribution in [1.82, 2.24) is 4.98 Å². The van der Waals surface area contributed by atoms with E-state index < -0.39 is 5.82 Å². The summed E-state index contributed by atoms with van der Waals surface area (Å²) in [4.78, 5) is 4.20. The summed E-state index contributed by atoms with van der Waals surface area (Å²) < 4.78 is 14.2. The molecule has 0 atom stereocenters. The Bertz CT molecular complexity index is 919. The second-order valence-electron chi connectivity index (χ2n) is 4.52. The van der Waals surface area contributed by atoms with E-state index in [9.17, 15) is 9.65 Å². The van der Waals surface area contributed by atoms with Crippen molar-refractivity contribution in [3.05, 3.63) is 64.0 Å². The maximum absolute atomic E-state index is 14.2. The van der Waals surface area contributed by atoms with Crippen molar-refractivity contribution in [3.8, 4) is 6.07 Å². The van der Waals surface area contributed by atoms with E-state index in [0.717, 1.165) is 0 Å². The van der Waals surface area contributed by atoms with Crippen LogP contribution in [0.5, 0.6) is 0 Å². The number of hydrogen-bond donors (Lipinski definition) is 1. The van der Waals surface area contributed by atoms with E-state index >= 15 is 0 Å². The van der Waals surface area contributed by atoms with Crippen LogP contribution in [0, 0.1) is 17.1 Å². The van der Waals surface area contributed by atoms with Crippen LogP contribution in [0.15, 0.2) is 42.6 Å². The van der Waals surface area contributed by atoms with E-state index in [2.05, 4.69) is 10.3 Å². The number of halogens is 3. The molecule has 22 heavy (non-hydrogen) atoms. The highest BCUT2D eigenvalue weighted by Gasteiger charge is 2.14. The minimum Gasteiger partial charge on any atom is -0.351 e. The summed E-state index contributed by atoms with van der Waals surface area (Å²) >= 11 is 11.6. The molecule has 0 aliphatic heterocycles. The zero-order valence-corrected chi connectivity index (χ0v) is 12.6. The van der Waals surface area contributed by atoms with E-state index in [-0.39, 0.29) is 15.7 Å². The van der Waals surface area contributed by atoms with Crippen molar-refractivity contribution in [2.45, 2.75) is 0 Å². The average molecular weight is 332 g/mol. The summed E-state index contributed by atoms with van der Waals surface area (Å²) in [6, 6.07) is 12.3. The van der Waals surface area contributed by atoms with E-state index in [1.165, 1.54) is 18.3 Å². The third-order valence-corrected chi connectivity index (χ3v) is 3.97. The molecule has 0 saturated heterocycles. The van der Waals surface area contributed by atoms with Gasteiger partial charge < -0.3 is 5.32 Å². The molecule has 0 amide bonds. The topological polar surface area (TPSA) is 48.7 Å². The first-order chi connectivity index (χ1) is 10.6. The first kappa shape index (κ1) is 14.6. The third-order valence-electron chi connectivity index (χ3n) is 3.19. The normalized spacial score (nSPS) is 10.5. The van der Waals surface area contributed by atoms with Gasteiger partial charge >= 0.3 is 0 Å². The Morgan fingerprint density at radius 2 is 1.91 bits per heavy atom. The number of benzene rings is 2. The number of fused-ring (bicyclic) bond motifs is 1. The Hall–Kier alpha value is -2.35. The molecule has 0 radical (unpaired) electrons.